The molecule has 2 fully saturated rings. The zero-order valence-corrected chi connectivity index (χ0v) is 19.5. The smallest absolute Gasteiger partial charge is 0.339 e. The molecule has 0 unspecified atom stereocenters. The molecule has 10 heteroatoms. The first-order valence-electron chi connectivity index (χ1n) is 12.5. The van der Waals surface area contributed by atoms with E-state index in [1.165, 1.54) is 0 Å². The van der Waals surface area contributed by atoms with Crippen molar-refractivity contribution in [1.29, 1.82) is 0 Å². The Morgan fingerprint density at radius 3 is 2.69 bits per heavy atom. The van der Waals surface area contributed by atoms with Crippen molar-refractivity contribution in [1.82, 2.24) is 19.4 Å². The summed E-state index contributed by atoms with van der Waals surface area (Å²) in [7, 11) is 0. The van der Waals surface area contributed by atoms with E-state index in [-0.39, 0.29) is 37.2 Å². The second-order valence-electron chi connectivity index (χ2n) is 10.3. The summed E-state index contributed by atoms with van der Waals surface area (Å²) in [5.74, 6) is 0.783. The number of imidazole rings is 1. The third-order valence-corrected chi connectivity index (χ3v) is 7.87. The van der Waals surface area contributed by atoms with Gasteiger partial charge in [0, 0.05) is 43.9 Å². The summed E-state index contributed by atoms with van der Waals surface area (Å²) in [6.07, 6.45) is 3.72. The molecular weight excluding hydrogens is 459 g/mol. The Labute approximate surface area is 201 Å². The molecule has 7 nitrogen and oxygen atoms in total. The Morgan fingerprint density at radius 2 is 1.94 bits per heavy atom. The summed E-state index contributed by atoms with van der Waals surface area (Å²) in [6, 6.07) is 1.85. The van der Waals surface area contributed by atoms with Crippen molar-refractivity contribution in [3.05, 3.63) is 41.2 Å². The average Bonchev–Trinajstić information content (AvgIpc) is 3.55. The molecule has 186 valence electrons. The summed E-state index contributed by atoms with van der Waals surface area (Å²) in [4.78, 5) is 38.8. The Hall–Kier alpha value is -2.91. The fourth-order valence-electron chi connectivity index (χ4n) is 5.92. The van der Waals surface area contributed by atoms with Crippen molar-refractivity contribution >= 4 is 17.5 Å². The van der Waals surface area contributed by atoms with Gasteiger partial charge in [0.15, 0.2) is 0 Å². The van der Waals surface area contributed by atoms with Crippen LogP contribution in [0.2, 0.25) is 0 Å². The van der Waals surface area contributed by atoms with Crippen molar-refractivity contribution in [2.45, 2.75) is 76.0 Å². The van der Waals surface area contributed by atoms with Gasteiger partial charge in [0.2, 0.25) is 11.8 Å². The SMILES string of the molecule is O=C(C1CC1)N1CC2(C1)C(=O)N(Cc1nc3c(n1CCCC(F)(F)F)CCCC3)c1cnccc12. The molecule has 6 rings (SSSR count). The minimum atomic E-state index is -4.20. The van der Waals surface area contributed by atoms with Crippen LogP contribution in [0.25, 0.3) is 0 Å². The van der Waals surface area contributed by atoms with Gasteiger partial charge in [0.1, 0.15) is 11.2 Å². The number of nitrogens with zero attached hydrogens (tertiary/aromatic N) is 5. The maximum Gasteiger partial charge on any atom is 0.389 e. The van der Waals surface area contributed by atoms with Gasteiger partial charge in [-0.1, -0.05) is 0 Å². The van der Waals surface area contributed by atoms with Gasteiger partial charge < -0.3 is 14.4 Å². The summed E-state index contributed by atoms with van der Waals surface area (Å²) in [5.41, 5.74) is 2.76. The van der Waals surface area contributed by atoms with Crippen molar-refractivity contribution in [3.8, 4) is 0 Å². The van der Waals surface area contributed by atoms with Crippen LogP contribution in [-0.4, -0.2) is 50.5 Å². The predicted molar refractivity (Wildman–Crippen MR) is 121 cm³/mol. The highest BCUT2D eigenvalue weighted by atomic mass is 19.4. The number of amides is 2. The normalized spacial score (nSPS) is 20.7. The molecule has 2 aliphatic heterocycles. The molecule has 0 N–H and O–H groups in total. The van der Waals surface area contributed by atoms with Crippen LogP contribution in [0, 0.1) is 5.92 Å². The van der Waals surface area contributed by atoms with Crippen LogP contribution in [0.15, 0.2) is 18.5 Å². The molecule has 0 aromatic carbocycles. The number of halogens is 3. The van der Waals surface area contributed by atoms with E-state index >= 15 is 0 Å². The maximum atomic E-state index is 13.8. The molecular formula is C25H28F3N5O2. The largest absolute Gasteiger partial charge is 0.389 e. The highest BCUT2D eigenvalue weighted by Gasteiger charge is 2.60. The van der Waals surface area contributed by atoms with Gasteiger partial charge in [-0.15, -0.1) is 0 Å². The van der Waals surface area contributed by atoms with Crippen LogP contribution in [-0.2, 0) is 40.9 Å². The van der Waals surface area contributed by atoms with Gasteiger partial charge in [-0.25, -0.2) is 4.98 Å². The van der Waals surface area contributed by atoms with Crippen LogP contribution in [0.4, 0.5) is 18.9 Å². The zero-order chi connectivity index (χ0) is 24.4. The molecule has 1 spiro atoms. The van der Waals surface area contributed by atoms with Crippen LogP contribution in [0.1, 0.15) is 61.3 Å². The first kappa shape index (κ1) is 22.5. The van der Waals surface area contributed by atoms with Gasteiger partial charge in [-0.05, 0) is 56.6 Å². The van der Waals surface area contributed by atoms with E-state index in [0.29, 0.717) is 24.6 Å². The van der Waals surface area contributed by atoms with Gasteiger partial charge in [-0.2, -0.15) is 13.2 Å². The number of rotatable bonds is 6. The third kappa shape index (κ3) is 3.81. The average molecular weight is 488 g/mol. The number of aryl methyl sites for hydroxylation is 1. The molecule has 0 bridgehead atoms. The van der Waals surface area contributed by atoms with E-state index in [0.717, 1.165) is 55.5 Å². The number of anilines is 1. The van der Waals surface area contributed by atoms with Gasteiger partial charge in [-0.3, -0.25) is 14.6 Å². The molecule has 0 atom stereocenters. The van der Waals surface area contributed by atoms with Crippen molar-refractivity contribution in [3.63, 3.8) is 0 Å². The molecule has 2 aromatic rings. The number of hydrogen-bond donors (Lipinski definition) is 0. The van der Waals surface area contributed by atoms with Crippen molar-refractivity contribution in [2.24, 2.45) is 5.92 Å². The second-order valence-corrected chi connectivity index (χ2v) is 10.3. The van der Waals surface area contributed by atoms with Crippen LogP contribution < -0.4 is 4.90 Å². The van der Waals surface area contributed by atoms with Gasteiger partial charge in [0.25, 0.3) is 0 Å². The molecule has 2 aliphatic carbocycles. The summed E-state index contributed by atoms with van der Waals surface area (Å²) >= 11 is 0. The molecule has 4 aliphatic rings. The number of carbonyl (C=O) groups is 2. The quantitative estimate of drug-likeness (QED) is 0.625. The first-order valence-corrected chi connectivity index (χ1v) is 12.5. The number of fused-ring (bicyclic) bond motifs is 3. The fraction of sp³-hybridized carbons (Fsp3) is 0.600. The number of pyridine rings is 1. The highest BCUT2D eigenvalue weighted by Crippen LogP contribution is 2.49. The number of carbonyl (C=O) groups excluding carboxylic acids is 2. The maximum absolute atomic E-state index is 13.8. The lowest BCUT2D eigenvalue weighted by Gasteiger charge is -2.47. The number of likely N-dealkylation sites (tertiary alicyclic amines) is 1. The number of alkyl halides is 3. The van der Waals surface area contributed by atoms with E-state index in [2.05, 4.69) is 4.98 Å². The van der Waals surface area contributed by atoms with E-state index in [4.69, 9.17) is 4.98 Å². The molecule has 1 saturated carbocycles. The van der Waals surface area contributed by atoms with Crippen molar-refractivity contribution < 1.29 is 22.8 Å². The molecule has 4 heterocycles. The molecule has 2 aromatic heterocycles. The van der Waals surface area contributed by atoms with Gasteiger partial charge >= 0.3 is 6.18 Å². The highest BCUT2D eigenvalue weighted by molar-refractivity contribution is 6.09. The van der Waals surface area contributed by atoms with Crippen LogP contribution in [0.5, 0.6) is 0 Å². The van der Waals surface area contributed by atoms with Crippen LogP contribution in [0.3, 0.4) is 0 Å². The summed E-state index contributed by atoms with van der Waals surface area (Å²) < 4.78 is 40.4. The molecule has 2 amide bonds. The minimum absolute atomic E-state index is 0.0203. The molecule has 1 saturated heterocycles. The van der Waals surface area contributed by atoms with Gasteiger partial charge in [0.05, 0.1) is 24.1 Å². The zero-order valence-electron chi connectivity index (χ0n) is 19.5. The molecule has 0 radical (unpaired) electrons. The Kier molecular flexibility index (Phi) is 5.19. The Balaban J connectivity index is 1.28. The lowest BCUT2D eigenvalue weighted by Crippen LogP contribution is -2.65. The Morgan fingerprint density at radius 1 is 1.17 bits per heavy atom. The summed E-state index contributed by atoms with van der Waals surface area (Å²) in [5, 5.41) is 0. The minimum Gasteiger partial charge on any atom is -0.339 e. The predicted octanol–water partition coefficient (Wildman–Crippen LogP) is 3.54. The lowest BCUT2D eigenvalue weighted by atomic mass is 9.74. The number of aromatic nitrogens is 3. The standard InChI is InChI=1S/C25H28F3N5O2/c26-25(27,28)9-3-11-32-19-5-2-1-4-18(19)30-21(32)13-33-20-12-29-10-8-17(20)24(23(33)35)14-31(15-24)22(34)16-6-7-16/h8,10,12,16H,1-7,9,11,13-15H2. The topological polar surface area (TPSA) is 71.3 Å². The van der Waals surface area contributed by atoms with Crippen molar-refractivity contribution in [2.75, 3.05) is 18.0 Å². The van der Waals surface area contributed by atoms with Crippen LogP contribution >= 0.6 is 0 Å². The Bertz CT molecular complexity index is 1180. The monoisotopic (exact) mass is 487 g/mol. The summed E-state index contributed by atoms with van der Waals surface area (Å²) in [6.45, 7) is 1.15. The first-order chi connectivity index (χ1) is 16.8. The van der Waals surface area contributed by atoms with E-state index in [1.807, 2.05) is 10.6 Å². The second kappa shape index (κ2) is 8.06. The number of hydrogen-bond acceptors (Lipinski definition) is 4. The fourth-order valence-corrected chi connectivity index (χ4v) is 5.92. The lowest BCUT2D eigenvalue weighted by molar-refractivity contribution is -0.145. The van der Waals surface area contributed by atoms with E-state index in [1.54, 1.807) is 22.2 Å². The van der Waals surface area contributed by atoms with E-state index in [9.17, 15) is 22.8 Å². The third-order valence-electron chi connectivity index (χ3n) is 7.87. The van der Waals surface area contributed by atoms with E-state index < -0.39 is 18.0 Å². The molecule has 35 heavy (non-hydrogen) atoms.